The summed E-state index contributed by atoms with van der Waals surface area (Å²) in [5.74, 6) is 0. The quantitative estimate of drug-likeness (QED) is 0.217. The van der Waals surface area contributed by atoms with Crippen LogP contribution in [-0.4, -0.2) is 0 Å². The van der Waals surface area contributed by atoms with Gasteiger partial charge in [0.15, 0.2) is 37.2 Å². The fourth-order valence-corrected chi connectivity index (χ4v) is 3.86. The molecule has 0 aliphatic heterocycles. The summed E-state index contributed by atoms with van der Waals surface area (Å²) in [6.07, 6.45) is 15.3. The van der Waals surface area contributed by atoms with Crippen molar-refractivity contribution in [3.8, 4) is 22.5 Å². The van der Waals surface area contributed by atoms with E-state index in [2.05, 4.69) is 130 Å². The number of pyridine rings is 4. The first-order valence-corrected chi connectivity index (χ1v) is 12.4. The maximum Gasteiger partial charge on any atom is 0.218 e. The van der Waals surface area contributed by atoms with Gasteiger partial charge in [-0.2, -0.15) is 0 Å². The lowest BCUT2D eigenvalue weighted by atomic mass is 10.1. The van der Waals surface area contributed by atoms with Gasteiger partial charge in [-0.05, 0) is 24.3 Å². The minimum atomic E-state index is -4.94. The fraction of sp³-hybridized carbons (Fsp3) is 0.231. The van der Waals surface area contributed by atoms with E-state index in [0.29, 0.717) is 0 Å². The molecule has 0 amide bonds. The van der Waals surface area contributed by atoms with Crippen LogP contribution in [0.2, 0.25) is 0 Å². The van der Waals surface area contributed by atoms with Crippen LogP contribution in [-0.2, 0) is 27.2 Å². The van der Waals surface area contributed by atoms with Gasteiger partial charge in [-0.15, -0.1) is 10.2 Å². The van der Waals surface area contributed by atoms with Crippen molar-refractivity contribution >= 4 is 0 Å². The van der Waals surface area contributed by atoms with Gasteiger partial charge in [-0.25, -0.2) is 36.9 Å². The van der Waals surface area contributed by atoms with Gasteiger partial charge in [0.2, 0.25) is 11.4 Å². The normalized spacial score (nSPS) is 11.0. The number of unbranched alkanes of at least 4 members (excludes halogenated alkanes) is 1. The molecule has 9 heteroatoms. The van der Waals surface area contributed by atoms with Crippen molar-refractivity contribution in [3.05, 3.63) is 97.8 Å². The second-order valence-electron chi connectivity index (χ2n) is 8.14. The Balaban J connectivity index is 0.000000623. The number of halogens is 1. The lowest BCUT2D eigenvalue weighted by Gasteiger charge is -2.17. The second kappa shape index (κ2) is 12.4. The van der Waals surface area contributed by atoms with Crippen molar-refractivity contribution in [2.45, 2.75) is 25.9 Å². The molecule has 4 rings (SSSR count). The summed E-state index contributed by atoms with van der Waals surface area (Å²) >= 11 is 0. The average molecular weight is 498 g/mol. The number of nitrogens with zero attached hydrogens (tertiary/aromatic N) is 4. The summed E-state index contributed by atoms with van der Waals surface area (Å²) < 4.78 is 42.9. The summed E-state index contributed by atoms with van der Waals surface area (Å²) in [6, 6.07) is 21.3. The van der Waals surface area contributed by atoms with Crippen molar-refractivity contribution in [1.82, 2.24) is 0 Å². The summed E-state index contributed by atoms with van der Waals surface area (Å²) in [6.45, 7) is 2.05. The first kappa shape index (κ1) is 26.3. The molecule has 0 unspecified atom stereocenters. The molecule has 4 heterocycles. The van der Waals surface area contributed by atoms with Crippen molar-refractivity contribution in [1.29, 1.82) is 0 Å². The van der Waals surface area contributed by atoms with E-state index in [-0.39, 0.29) is 0 Å². The highest BCUT2D eigenvalue weighted by Crippen LogP contribution is 2.12. The number of hydrogen-bond acceptors (Lipinski definition) is 4. The van der Waals surface area contributed by atoms with E-state index in [1.54, 1.807) is 0 Å². The first-order chi connectivity index (χ1) is 16.7. The molecule has 0 bridgehead atoms. The Hall–Kier alpha value is -3.27. The molecule has 0 radical (unpaired) electrons. The molecule has 0 spiro atoms. The Morgan fingerprint density at radius 1 is 0.571 bits per heavy atom. The summed E-state index contributed by atoms with van der Waals surface area (Å²) in [7, 11) is -0.763. The lowest BCUT2D eigenvalue weighted by molar-refractivity contribution is -2.00. The monoisotopic (exact) mass is 497 g/mol. The Bertz CT molecular complexity index is 1150. The minimum absolute atomic E-state index is 1.03. The number of aromatic nitrogens is 4. The molecule has 0 fully saturated rings. The highest BCUT2D eigenvalue weighted by Gasteiger charge is 2.14. The van der Waals surface area contributed by atoms with Crippen molar-refractivity contribution < 1.29 is 47.1 Å². The second-order valence-corrected chi connectivity index (χ2v) is 8.90. The molecule has 4 aromatic heterocycles. The topological polar surface area (TPSA) is 108 Å². The van der Waals surface area contributed by atoms with Crippen molar-refractivity contribution in [2.24, 2.45) is 14.1 Å². The van der Waals surface area contributed by atoms with E-state index in [1.165, 1.54) is 22.5 Å². The maximum atomic E-state index is 8.49. The third kappa shape index (κ3) is 8.79. The SMILES string of the molecule is C[n+]1ccccc1-c1ccc[n+](CCCC[n+]2cccc(-c3cccc[n+]3C)c2)c1.[O-][Cl+3]([O-])([O-])[O-]. The van der Waals surface area contributed by atoms with Gasteiger partial charge in [0, 0.05) is 49.2 Å². The largest absolute Gasteiger partial charge is 0.222 e. The van der Waals surface area contributed by atoms with E-state index in [0.717, 1.165) is 25.9 Å². The van der Waals surface area contributed by atoms with Crippen LogP contribution in [0, 0.1) is 10.2 Å². The number of rotatable bonds is 7. The Morgan fingerprint density at radius 3 is 1.34 bits per heavy atom. The van der Waals surface area contributed by atoms with Crippen LogP contribution in [0.3, 0.4) is 0 Å². The molecule has 0 atom stereocenters. The highest BCUT2D eigenvalue weighted by molar-refractivity contribution is 5.53. The predicted octanol–water partition coefficient (Wildman–Crippen LogP) is -2.03. The average Bonchev–Trinajstić information content (AvgIpc) is 2.82. The molecule has 8 nitrogen and oxygen atoms in total. The van der Waals surface area contributed by atoms with Crippen molar-refractivity contribution in [2.75, 3.05) is 0 Å². The zero-order chi connectivity index (χ0) is 25.3. The maximum absolute atomic E-state index is 8.49. The van der Waals surface area contributed by atoms with E-state index in [4.69, 9.17) is 18.6 Å². The smallest absolute Gasteiger partial charge is 0.218 e. The van der Waals surface area contributed by atoms with Gasteiger partial charge in [-0.3, -0.25) is 0 Å². The molecule has 0 N–H and O–H groups in total. The lowest BCUT2D eigenvalue weighted by Crippen LogP contribution is -2.68. The molecule has 35 heavy (non-hydrogen) atoms. The number of hydrogen-bond donors (Lipinski definition) is 0. The van der Waals surface area contributed by atoms with Gasteiger partial charge in [0.05, 0.1) is 0 Å². The summed E-state index contributed by atoms with van der Waals surface area (Å²) in [5.41, 5.74) is 4.96. The highest BCUT2D eigenvalue weighted by atomic mass is 35.7. The van der Waals surface area contributed by atoms with Gasteiger partial charge in [0.25, 0.3) is 0 Å². The Morgan fingerprint density at radius 2 is 0.971 bits per heavy atom. The predicted molar refractivity (Wildman–Crippen MR) is 116 cm³/mol. The van der Waals surface area contributed by atoms with Crippen LogP contribution in [0.15, 0.2) is 97.8 Å². The van der Waals surface area contributed by atoms with E-state index >= 15 is 0 Å². The van der Waals surface area contributed by atoms with Crippen LogP contribution in [0.4, 0.5) is 0 Å². The summed E-state index contributed by atoms with van der Waals surface area (Å²) in [5, 5.41) is 0. The molecular formula is C26H30ClN4O4+3. The van der Waals surface area contributed by atoms with Crippen LogP contribution >= 0.6 is 0 Å². The van der Waals surface area contributed by atoms with Crippen LogP contribution in [0.1, 0.15) is 12.8 Å². The van der Waals surface area contributed by atoms with E-state index in [9.17, 15) is 0 Å². The third-order valence-corrected chi connectivity index (χ3v) is 5.50. The minimum Gasteiger partial charge on any atom is -0.222 e. The standard InChI is InChI=1S/C26H30N4.ClHO4/c1-27-15-5-3-13-25(27)23-11-9-19-29(21-23)17-7-8-18-30-20-10-12-24(22-30)26-14-4-6-16-28(26)2;2-1(3,4)5/h3-6,9-16,19-22H,7-8,17-18H2,1-2H3;(H,2,3,4,5)/q+4;/p-1. The molecule has 182 valence electrons. The molecule has 0 aromatic carbocycles. The molecule has 0 saturated heterocycles. The van der Waals surface area contributed by atoms with Crippen LogP contribution in [0.5, 0.6) is 0 Å². The first-order valence-electron chi connectivity index (χ1n) is 11.2. The van der Waals surface area contributed by atoms with Crippen molar-refractivity contribution in [3.63, 3.8) is 0 Å². The molecule has 0 saturated carbocycles. The van der Waals surface area contributed by atoms with Crippen LogP contribution in [0.25, 0.3) is 22.5 Å². The van der Waals surface area contributed by atoms with Gasteiger partial charge >= 0.3 is 0 Å². The van der Waals surface area contributed by atoms with Gasteiger partial charge in [0.1, 0.15) is 38.3 Å². The van der Waals surface area contributed by atoms with E-state index in [1.807, 2.05) is 0 Å². The Kier molecular flexibility index (Phi) is 9.36. The molecule has 0 aliphatic carbocycles. The molecule has 0 aliphatic rings. The molecule has 4 aromatic rings. The van der Waals surface area contributed by atoms with Gasteiger partial charge < -0.3 is 0 Å². The van der Waals surface area contributed by atoms with E-state index < -0.39 is 10.2 Å². The van der Waals surface area contributed by atoms with Gasteiger partial charge in [-0.1, -0.05) is 0 Å². The fourth-order valence-electron chi connectivity index (χ4n) is 3.86. The Labute approximate surface area is 207 Å². The third-order valence-electron chi connectivity index (χ3n) is 5.50. The zero-order valence-corrected chi connectivity index (χ0v) is 20.6. The molecular weight excluding hydrogens is 468 g/mol. The number of aryl methyl sites for hydroxylation is 4. The zero-order valence-electron chi connectivity index (χ0n) is 19.9. The van der Waals surface area contributed by atoms with Crippen LogP contribution < -0.4 is 36.9 Å². The summed E-state index contributed by atoms with van der Waals surface area (Å²) in [4.78, 5) is 0.